The molecule has 1 unspecified atom stereocenters. The minimum absolute atomic E-state index is 0.0645. The lowest BCUT2D eigenvalue weighted by Gasteiger charge is -2.20. The third-order valence-electron chi connectivity index (χ3n) is 3.07. The molecule has 1 atom stereocenters. The van der Waals surface area contributed by atoms with Crippen LogP contribution >= 0.6 is 12.2 Å². The van der Waals surface area contributed by atoms with Crippen molar-refractivity contribution in [1.29, 1.82) is 0 Å². The van der Waals surface area contributed by atoms with Gasteiger partial charge in [0.05, 0.1) is 0 Å². The zero-order valence-electron chi connectivity index (χ0n) is 12.1. The Morgan fingerprint density at radius 1 is 1.25 bits per heavy atom. The van der Waals surface area contributed by atoms with E-state index in [9.17, 15) is 0 Å². The summed E-state index contributed by atoms with van der Waals surface area (Å²) in [4.78, 5) is 7.80. The van der Waals surface area contributed by atoms with Gasteiger partial charge in [-0.25, -0.2) is 4.98 Å². The molecule has 0 spiro atoms. The smallest absolute Gasteiger partial charge is 0.137 e. The van der Waals surface area contributed by atoms with E-state index in [4.69, 9.17) is 17.0 Å². The Morgan fingerprint density at radius 2 is 1.95 bits per heavy atom. The third kappa shape index (κ3) is 3.52. The van der Waals surface area contributed by atoms with Crippen molar-refractivity contribution >= 4 is 12.2 Å². The average molecular weight is 288 g/mol. The first-order valence-electron chi connectivity index (χ1n) is 6.90. The van der Waals surface area contributed by atoms with Crippen LogP contribution in [-0.2, 0) is 4.74 Å². The molecule has 20 heavy (non-hydrogen) atoms. The highest BCUT2D eigenvalue weighted by molar-refractivity contribution is 7.71. The molecule has 2 aromatic rings. The molecule has 0 saturated heterocycles. The van der Waals surface area contributed by atoms with Crippen molar-refractivity contribution in [3.63, 3.8) is 0 Å². The summed E-state index contributed by atoms with van der Waals surface area (Å²) in [7, 11) is 0. The molecule has 0 aliphatic heterocycles. The number of rotatable bonds is 5. The van der Waals surface area contributed by atoms with E-state index in [1.54, 1.807) is 0 Å². The fourth-order valence-corrected chi connectivity index (χ4v) is 2.37. The van der Waals surface area contributed by atoms with Crippen LogP contribution in [-0.4, -0.2) is 16.6 Å². The van der Waals surface area contributed by atoms with Gasteiger partial charge in [0.25, 0.3) is 0 Å². The van der Waals surface area contributed by atoms with Crippen molar-refractivity contribution in [2.24, 2.45) is 5.92 Å². The van der Waals surface area contributed by atoms with Crippen molar-refractivity contribution < 1.29 is 4.74 Å². The van der Waals surface area contributed by atoms with Crippen LogP contribution in [0.4, 0.5) is 0 Å². The zero-order valence-corrected chi connectivity index (χ0v) is 12.9. The monoisotopic (exact) mass is 288 g/mol. The van der Waals surface area contributed by atoms with Gasteiger partial charge in [-0.2, -0.15) is 0 Å². The largest absolute Gasteiger partial charge is 0.370 e. The van der Waals surface area contributed by atoms with Crippen LogP contribution < -0.4 is 0 Å². The van der Waals surface area contributed by atoms with Gasteiger partial charge in [0, 0.05) is 12.3 Å². The van der Waals surface area contributed by atoms with Crippen LogP contribution in [0, 0.1) is 10.6 Å². The van der Waals surface area contributed by atoms with E-state index in [1.165, 1.54) is 0 Å². The number of nitrogens with one attached hydrogen (secondary N) is 1. The van der Waals surface area contributed by atoms with Crippen LogP contribution in [0.2, 0.25) is 0 Å². The van der Waals surface area contributed by atoms with Crippen LogP contribution in [0.25, 0.3) is 11.3 Å². The second kappa shape index (κ2) is 6.77. The second-order valence-corrected chi connectivity index (χ2v) is 5.42. The fraction of sp³-hybridized carbons (Fsp3) is 0.375. The molecular formula is C16H20N2OS. The molecule has 3 nitrogen and oxygen atoms in total. The SMILES string of the molecule is CCOC(c1nc(=S)cc(-c2ccccc2)[nH]1)C(C)C. The molecule has 2 rings (SSSR count). The molecule has 0 aliphatic rings. The van der Waals surface area contributed by atoms with Crippen molar-refractivity contribution in [3.8, 4) is 11.3 Å². The molecule has 0 saturated carbocycles. The molecule has 4 heteroatoms. The highest BCUT2D eigenvalue weighted by Crippen LogP contribution is 2.25. The maximum Gasteiger partial charge on any atom is 0.137 e. The maximum absolute atomic E-state index is 5.80. The molecule has 1 aromatic heterocycles. The van der Waals surface area contributed by atoms with Crippen LogP contribution in [0.5, 0.6) is 0 Å². The maximum atomic E-state index is 5.80. The van der Waals surface area contributed by atoms with Gasteiger partial charge < -0.3 is 9.72 Å². The molecule has 1 aromatic carbocycles. The van der Waals surface area contributed by atoms with Crippen molar-refractivity contribution in [2.45, 2.75) is 26.9 Å². The average Bonchev–Trinajstić information content (AvgIpc) is 2.44. The third-order valence-corrected chi connectivity index (χ3v) is 3.28. The van der Waals surface area contributed by atoms with E-state index in [0.29, 0.717) is 17.2 Å². The van der Waals surface area contributed by atoms with Gasteiger partial charge in [-0.3, -0.25) is 0 Å². The van der Waals surface area contributed by atoms with E-state index in [1.807, 2.05) is 31.2 Å². The Labute approximate surface area is 125 Å². The first-order chi connectivity index (χ1) is 9.61. The molecule has 106 valence electrons. The van der Waals surface area contributed by atoms with Crippen LogP contribution in [0.3, 0.4) is 0 Å². The molecule has 0 amide bonds. The number of hydrogen-bond acceptors (Lipinski definition) is 3. The Kier molecular flexibility index (Phi) is 5.04. The van der Waals surface area contributed by atoms with Gasteiger partial charge in [-0.15, -0.1) is 0 Å². The molecule has 0 radical (unpaired) electrons. The predicted molar refractivity (Wildman–Crippen MR) is 84.1 cm³/mol. The lowest BCUT2D eigenvalue weighted by atomic mass is 10.1. The van der Waals surface area contributed by atoms with Gasteiger partial charge >= 0.3 is 0 Å². The summed E-state index contributed by atoms with van der Waals surface area (Å²) in [6.45, 7) is 6.88. The highest BCUT2D eigenvalue weighted by Gasteiger charge is 2.18. The lowest BCUT2D eigenvalue weighted by molar-refractivity contribution is 0.0232. The number of ether oxygens (including phenoxy) is 1. The molecule has 0 aliphatic carbocycles. The Bertz CT molecular complexity index is 607. The molecular weight excluding hydrogens is 268 g/mol. The van der Waals surface area contributed by atoms with E-state index in [-0.39, 0.29) is 6.10 Å². The number of benzene rings is 1. The quantitative estimate of drug-likeness (QED) is 0.821. The van der Waals surface area contributed by atoms with E-state index in [2.05, 4.69) is 35.9 Å². The Hall–Kier alpha value is -1.52. The summed E-state index contributed by atoms with van der Waals surface area (Å²) in [5.41, 5.74) is 2.08. The molecule has 1 heterocycles. The topological polar surface area (TPSA) is 37.9 Å². The highest BCUT2D eigenvalue weighted by atomic mass is 32.1. The molecule has 0 fully saturated rings. The van der Waals surface area contributed by atoms with Crippen LogP contribution in [0.1, 0.15) is 32.7 Å². The summed E-state index contributed by atoms with van der Waals surface area (Å²) in [5.74, 6) is 1.13. The second-order valence-electron chi connectivity index (χ2n) is 5.00. The van der Waals surface area contributed by atoms with Crippen molar-refractivity contribution in [3.05, 3.63) is 46.9 Å². The number of H-pyrrole nitrogens is 1. The summed E-state index contributed by atoms with van der Waals surface area (Å²) in [6.07, 6.45) is -0.0645. The minimum Gasteiger partial charge on any atom is -0.370 e. The summed E-state index contributed by atoms with van der Waals surface area (Å²) in [6, 6.07) is 12.0. The summed E-state index contributed by atoms with van der Waals surface area (Å²) in [5, 5.41) is 0. The normalized spacial score (nSPS) is 12.6. The first kappa shape index (κ1) is 14.9. The zero-order chi connectivity index (χ0) is 14.5. The number of hydrogen-bond donors (Lipinski definition) is 1. The minimum atomic E-state index is -0.0645. The summed E-state index contributed by atoms with van der Waals surface area (Å²) >= 11 is 5.29. The van der Waals surface area contributed by atoms with E-state index in [0.717, 1.165) is 17.1 Å². The Balaban J connectivity index is 2.45. The van der Waals surface area contributed by atoms with E-state index < -0.39 is 0 Å². The number of nitrogens with zero attached hydrogens (tertiary/aromatic N) is 1. The molecule has 0 bridgehead atoms. The van der Waals surface area contributed by atoms with E-state index >= 15 is 0 Å². The van der Waals surface area contributed by atoms with Crippen molar-refractivity contribution in [2.75, 3.05) is 6.61 Å². The van der Waals surface area contributed by atoms with Gasteiger partial charge in [0.15, 0.2) is 0 Å². The lowest BCUT2D eigenvalue weighted by Crippen LogP contribution is -2.15. The van der Waals surface area contributed by atoms with Gasteiger partial charge in [-0.05, 0) is 24.5 Å². The van der Waals surface area contributed by atoms with Gasteiger partial charge in [0.2, 0.25) is 0 Å². The first-order valence-corrected chi connectivity index (χ1v) is 7.31. The standard InChI is InChI=1S/C16H20N2OS/c1-4-19-15(11(2)3)16-17-13(10-14(20)18-16)12-8-6-5-7-9-12/h5-11,15H,4H2,1-3H3,(H,17,18,20). The number of aromatic amines is 1. The molecule has 1 N–H and O–H groups in total. The number of aromatic nitrogens is 2. The van der Waals surface area contributed by atoms with Crippen LogP contribution in [0.15, 0.2) is 36.4 Å². The van der Waals surface area contributed by atoms with Gasteiger partial charge in [-0.1, -0.05) is 56.4 Å². The van der Waals surface area contributed by atoms with Crippen molar-refractivity contribution in [1.82, 2.24) is 9.97 Å². The predicted octanol–water partition coefficient (Wildman–Crippen LogP) is 4.54. The fourth-order valence-electron chi connectivity index (χ4n) is 2.15. The van der Waals surface area contributed by atoms with Gasteiger partial charge in [0.1, 0.15) is 16.6 Å². The summed E-state index contributed by atoms with van der Waals surface area (Å²) < 4.78 is 6.38. The Morgan fingerprint density at radius 3 is 2.55 bits per heavy atom.